The summed E-state index contributed by atoms with van der Waals surface area (Å²) in [6, 6.07) is 5.51. The van der Waals surface area contributed by atoms with Crippen molar-refractivity contribution in [2.75, 3.05) is 0 Å². The van der Waals surface area contributed by atoms with Crippen LogP contribution in [0.2, 0.25) is 0 Å². The van der Waals surface area contributed by atoms with E-state index in [9.17, 15) is 5.11 Å². The summed E-state index contributed by atoms with van der Waals surface area (Å²) in [5.41, 5.74) is 1.68. The first-order valence-corrected chi connectivity index (χ1v) is 6.77. The highest BCUT2D eigenvalue weighted by molar-refractivity contribution is 5.82. The molecule has 1 aromatic rings. The first kappa shape index (κ1) is 14.6. The Hall–Kier alpha value is -1.51. The Balaban J connectivity index is 2.32. The highest BCUT2D eigenvalue weighted by Crippen LogP contribution is 2.19. The minimum absolute atomic E-state index is 0.177. The second kappa shape index (κ2) is 8.56. The number of aryl methyl sites for hydroxylation is 1. The van der Waals surface area contributed by atoms with Gasteiger partial charge in [-0.25, -0.2) is 0 Å². The molecular weight excluding hydrogens is 226 g/mol. The third-order valence-electron chi connectivity index (χ3n) is 3.11. The van der Waals surface area contributed by atoms with Gasteiger partial charge in [0.15, 0.2) is 0 Å². The predicted molar refractivity (Wildman–Crippen MR) is 74.6 cm³/mol. The van der Waals surface area contributed by atoms with Crippen molar-refractivity contribution in [2.45, 2.75) is 51.9 Å². The number of rotatable bonds is 8. The first-order valence-electron chi connectivity index (χ1n) is 6.77. The fraction of sp³-hybridized carbons (Fsp3) is 0.533. The minimum atomic E-state index is 0.177. The highest BCUT2D eigenvalue weighted by Gasteiger charge is 2.01. The molecule has 0 radical (unpaired) electrons. The molecule has 0 aromatic heterocycles. The third kappa shape index (κ3) is 5.21. The van der Waals surface area contributed by atoms with Crippen LogP contribution >= 0.6 is 0 Å². The smallest absolute Gasteiger partial charge is 0.124 e. The maximum atomic E-state index is 9.69. The van der Waals surface area contributed by atoms with E-state index < -0.39 is 0 Å². The number of unbranched alkanes of at least 4 members (excludes halogenated alkanes) is 5. The lowest BCUT2D eigenvalue weighted by Crippen LogP contribution is -1.89. The van der Waals surface area contributed by atoms with Gasteiger partial charge >= 0.3 is 0 Å². The van der Waals surface area contributed by atoms with Crippen LogP contribution < -0.4 is 0 Å². The van der Waals surface area contributed by atoms with Gasteiger partial charge in [0.05, 0.1) is 6.21 Å². The molecule has 3 nitrogen and oxygen atoms in total. The largest absolute Gasteiger partial charge is 0.507 e. The number of nitrogens with zero attached hydrogens (tertiary/aromatic N) is 1. The number of oxime groups is 1. The summed E-state index contributed by atoms with van der Waals surface area (Å²) in [5, 5.41) is 21.0. The van der Waals surface area contributed by atoms with Crippen LogP contribution in [0.15, 0.2) is 23.4 Å². The van der Waals surface area contributed by atoms with Crippen molar-refractivity contribution in [1.29, 1.82) is 0 Å². The molecule has 0 aliphatic carbocycles. The zero-order valence-electron chi connectivity index (χ0n) is 11.1. The van der Waals surface area contributed by atoms with Crippen molar-refractivity contribution in [3.8, 4) is 5.75 Å². The molecule has 0 aliphatic rings. The molecule has 0 heterocycles. The van der Waals surface area contributed by atoms with Crippen LogP contribution in [0.5, 0.6) is 5.75 Å². The van der Waals surface area contributed by atoms with Crippen molar-refractivity contribution in [1.82, 2.24) is 0 Å². The first-order chi connectivity index (χ1) is 8.77. The van der Waals surface area contributed by atoms with E-state index in [1.54, 1.807) is 12.1 Å². The Morgan fingerprint density at radius 3 is 2.50 bits per heavy atom. The monoisotopic (exact) mass is 249 g/mol. The molecule has 100 valence electrons. The zero-order chi connectivity index (χ0) is 13.2. The maximum Gasteiger partial charge on any atom is 0.124 e. The molecule has 0 unspecified atom stereocenters. The summed E-state index contributed by atoms with van der Waals surface area (Å²) in [5.74, 6) is 0.177. The molecule has 0 aliphatic heterocycles. The Morgan fingerprint density at radius 1 is 1.11 bits per heavy atom. The van der Waals surface area contributed by atoms with E-state index in [1.165, 1.54) is 38.3 Å². The molecule has 3 heteroatoms. The fourth-order valence-electron chi connectivity index (χ4n) is 2.03. The average molecular weight is 249 g/mol. The second-order valence-electron chi connectivity index (χ2n) is 4.66. The SMILES string of the molecule is CCCCCCCCc1ccc(C=NO)c(O)c1. The van der Waals surface area contributed by atoms with Gasteiger partial charge in [0, 0.05) is 5.56 Å². The van der Waals surface area contributed by atoms with E-state index in [-0.39, 0.29) is 5.75 Å². The number of hydrogen-bond donors (Lipinski definition) is 2. The predicted octanol–water partition coefficient (Wildman–Crippen LogP) is 4.10. The molecule has 18 heavy (non-hydrogen) atoms. The number of hydrogen-bond acceptors (Lipinski definition) is 3. The summed E-state index contributed by atoms with van der Waals surface area (Å²) < 4.78 is 0. The standard InChI is InChI=1S/C15H23NO2/c1-2-3-4-5-6-7-8-13-9-10-14(12-16-18)15(17)11-13/h9-12,17-18H,2-8H2,1H3. The molecular formula is C15H23NO2. The van der Waals surface area contributed by atoms with E-state index in [2.05, 4.69) is 12.1 Å². The average Bonchev–Trinajstić information content (AvgIpc) is 2.37. The van der Waals surface area contributed by atoms with E-state index in [0.29, 0.717) is 5.56 Å². The van der Waals surface area contributed by atoms with Gasteiger partial charge < -0.3 is 10.3 Å². The summed E-state index contributed by atoms with van der Waals surface area (Å²) >= 11 is 0. The lowest BCUT2D eigenvalue weighted by molar-refractivity contribution is 0.321. The van der Waals surface area contributed by atoms with Crippen LogP contribution in [-0.4, -0.2) is 16.5 Å². The lowest BCUT2D eigenvalue weighted by Gasteiger charge is -2.04. The number of aromatic hydroxyl groups is 1. The van der Waals surface area contributed by atoms with Crippen LogP contribution in [0.4, 0.5) is 0 Å². The zero-order valence-corrected chi connectivity index (χ0v) is 11.1. The lowest BCUT2D eigenvalue weighted by atomic mass is 10.0. The summed E-state index contributed by atoms with van der Waals surface area (Å²) in [6.45, 7) is 2.22. The van der Waals surface area contributed by atoms with Crippen LogP contribution in [0.25, 0.3) is 0 Å². The van der Waals surface area contributed by atoms with Gasteiger partial charge in [-0.1, -0.05) is 50.2 Å². The van der Waals surface area contributed by atoms with Gasteiger partial charge in [-0.3, -0.25) is 0 Å². The topological polar surface area (TPSA) is 52.8 Å². The summed E-state index contributed by atoms with van der Waals surface area (Å²) in [6.07, 6.45) is 9.89. The number of phenols is 1. The second-order valence-corrected chi connectivity index (χ2v) is 4.66. The Kier molecular flexibility index (Phi) is 6.92. The van der Waals surface area contributed by atoms with Gasteiger partial charge in [-0.2, -0.15) is 0 Å². The quantitative estimate of drug-likeness (QED) is 0.315. The number of phenolic OH excluding ortho intramolecular Hbond substituents is 1. The molecule has 0 fully saturated rings. The van der Waals surface area contributed by atoms with Gasteiger partial charge in [-0.15, -0.1) is 0 Å². The van der Waals surface area contributed by atoms with Gasteiger partial charge in [-0.05, 0) is 30.5 Å². The number of benzene rings is 1. The fourth-order valence-corrected chi connectivity index (χ4v) is 2.03. The minimum Gasteiger partial charge on any atom is -0.507 e. The Bertz CT molecular complexity index is 375. The van der Waals surface area contributed by atoms with E-state index in [1.807, 2.05) is 6.07 Å². The molecule has 0 saturated carbocycles. The van der Waals surface area contributed by atoms with E-state index in [0.717, 1.165) is 18.4 Å². The molecule has 0 atom stereocenters. The molecule has 1 aromatic carbocycles. The molecule has 2 N–H and O–H groups in total. The van der Waals surface area contributed by atoms with Crippen LogP contribution in [0.3, 0.4) is 0 Å². The molecule has 0 saturated heterocycles. The summed E-state index contributed by atoms with van der Waals surface area (Å²) in [7, 11) is 0. The van der Waals surface area contributed by atoms with Crippen LogP contribution in [0.1, 0.15) is 56.6 Å². The maximum absolute atomic E-state index is 9.69. The normalized spacial score (nSPS) is 11.2. The van der Waals surface area contributed by atoms with Gasteiger partial charge in [0.2, 0.25) is 0 Å². The molecule has 0 spiro atoms. The van der Waals surface area contributed by atoms with Gasteiger partial charge in [0.1, 0.15) is 5.75 Å². The van der Waals surface area contributed by atoms with E-state index >= 15 is 0 Å². The molecule has 0 bridgehead atoms. The molecule has 1 rings (SSSR count). The summed E-state index contributed by atoms with van der Waals surface area (Å²) in [4.78, 5) is 0. The van der Waals surface area contributed by atoms with Crippen LogP contribution in [0, 0.1) is 0 Å². The van der Waals surface area contributed by atoms with E-state index in [4.69, 9.17) is 5.21 Å². The van der Waals surface area contributed by atoms with Crippen molar-refractivity contribution in [3.05, 3.63) is 29.3 Å². The molecule has 0 amide bonds. The third-order valence-corrected chi connectivity index (χ3v) is 3.11. The van der Waals surface area contributed by atoms with Crippen molar-refractivity contribution < 1.29 is 10.3 Å². The van der Waals surface area contributed by atoms with Crippen molar-refractivity contribution >= 4 is 6.21 Å². The van der Waals surface area contributed by atoms with Crippen LogP contribution in [-0.2, 0) is 6.42 Å². The Morgan fingerprint density at radius 2 is 1.83 bits per heavy atom. The highest BCUT2D eigenvalue weighted by atomic mass is 16.4. The van der Waals surface area contributed by atoms with Gasteiger partial charge in [0.25, 0.3) is 0 Å². The van der Waals surface area contributed by atoms with Crippen molar-refractivity contribution in [3.63, 3.8) is 0 Å². The van der Waals surface area contributed by atoms with Crippen molar-refractivity contribution in [2.24, 2.45) is 5.16 Å². The Labute approximate surface area is 109 Å².